The zero-order valence-electron chi connectivity index (χ0n) is 31.4. The molecule has 0 amide bonds. The van der Waals surface area contributed by atoms with Crippen molar-refractivity contribution < 1.29 is 158 Å². The third kappa shape index (κ3) is 12.9. The summed E-state index contributed by atoms with van der Waals surface area (Å²) in [7, 11) is 0. The number of hydrogen-bond acceptors (Lipinski definition) is 10. The molecule has 7 aromatic rings. The van der Waals surface area contributed by atoms with Crippen molar-refractivity contribution in [3.63, 3.8) is 0 Å². The molecule has 1 radical (unpaired) electrons. The van der Waals surface area contributed by atoms with Crippen molar-refractivity contribution >= 4 is 55.3 Å². The van der Waals surface area contributed by atoms with E-state index in [-0.39, 0.29) is 120 Å². The van der Waals surface area contributed by atoms with E-state index < -0.39 is 47.5 Å². The van der Waals surface area contributed by atoms with Crippen molar-refractivity contribution in [2.45, 2.75) is 38.7 Å². The monoisotopic (exact) mass is 987 g/mol. The Morgan fingerprint density at radius 1 is 0.655 bits per heavy atom. The predicted octanol–water partition coefficient (Wildman–Crippen LogP) is 2.27. The number of benzene rings is 5. The van der Waals surface area contributed by atoms with E-state index in [9.17, 15) is 35.8 Å². The first-order valence-electron chi connectivity index (χ1n) is 16.6. The average Bonchev–Trinajstić information content (AvgIpc) is 3.14. The molecule has 0 aliphatic heterocycles. The van der Waals surface area contributed by atoms with Gasteiger partial charge in [0.15, 0.2) is 6.10 Å². The molecule has 58 heavy (non-hydrogen) atoms. The first-order chi connectivity index (χ1) is 26.2. The standard InChI is InChI=1S/C26H20N2O6S2.C14H13F3O2.Eu.2Na/c1-15-13-23(17-3-7-19(8-4-17)33-35(29)30)21-11-12-22-24(14-16(2)28-26(22)25(21)27-15)18-5-9-20(10-6-18)34-36(31)32;15-14(16,17)13(19)8-12(18)11-6-5-9-3-1-2-4-10(9)7-11;;;/h3-14H,1-2H3,(H,29,30)(H,31,32);1-7,12-13,18-19H,8H2;;;/q;;;2*+1/p-2. The van der Waals surface area contributed by atoms with Crippen LogP contribution in [-0.2, 0) is 22.7 Å². The minimum absolute atomic E-state index is 0. The summed E-state index contributed by atoms with van der Waals surface area (Å²) in [6.45, 7) is 3.82. The van der Waals surface area contributed by atoms with Crippen LogP contribution in [0.25, 0.3) is 54.8 Å². The molecule has 0 aliphatic rings. The zero-order valence-corrected chi connectivity index (χ0v) is 39.5. The summed E-state index contributed by atoms with van der Waals surface area (Å²) in [4.78, 5) is 9.62. The summed E-state index contributed by atoms with van der Waals surface area (Å²) < 4.78 is 89.4. The molecule has 5 aromatic carbocycles. The van der Waals surface area contributed by atoms with Gasteiger partial charge in [0.2, 0.25) is 0 Å². The van der Waals surface area contributed by atoms with Gasteiger partial charge >= 0.3 is 65.3 Å². The maximum Gasteiger partial charge on any atom is 1.00 e. The molecule has 0 saturated heterocycles. The maximum absolute atomic E-state index is 12.2. The van der Waals surface area contributed by atoms with Crippen molar-refractivity contribution in [1.29, 1.82) is 0 Å². The summed E-state index contributed by atoms with van der Waals surface area (Å²) in [6, 6.07) is 33.8. The van der Waals surface area contributed by atoms with Crippen LogP contribution in [0.5, 0.6) is 11.5 Å². The van der Waals surface area contributed by atoms with Crippen LogP contribution >= 0.6 is 0 Å². The molecule has 0 fully saturated rings. The summed E-state index contributed by atoms with van der Waals surface area (Å²) in [6.07, 6.45) is -9.34. The van der Waals surface area contributed by atoms with Crippen molar-refractivity contribution in [2.24, 2.45) is 0 Å². The van der Waals surface area contributed by atoms with E-state index in [1.807, 2.05) is 62.4 Å². The average molecular weight is 987 g/mol. The Bertz CT molecular complexity index is 2430. The largest absolute Gasteiger partial charge is 1.00 e. The third-order valence-corrected chi connectivity index (χ3v) is 9.31. The second-order valence-electron chi connectivity index (χ2n) is 12.5. The summed E-state index contributed by atoms with van der Waals surface area (Å²) in [5.74, 6) is 0.458. The van der Waals surface area contributed by atoms with E-state index in [0.717, 1.165) is 66.2 Å². The van der Waals surface area contributed by atoms with E-state index in [1.54, 1.807) is 66.7 Å². The number of aliphatic hydroxyl groups is 2. The molecule has 7 rings (SSSR count). The molecule has 0 spiro atoms. The molecule has 10 nitrogen and oxygen atoms in total. The number of aromatic nitrogens is 2. The molecule has 0 aliphatic carbocycles. The normalized spacial score (nSPS) is 13.1. The number of rotatable bonds is 9. The number of hydrogen-bond donors (Lipinski definition) is 2. The minimum Gasteiger partial charge on any atom is -0.740 e. The van der Waals surface area contributed by atoms with Crippen LogP contribution in [0.15, 0.2) is 115 Å². The number of alkyl halides is 3. The molecular weight excluding hydrogens is 956 g/mol. The minimum atomic E-state index is -4.71. The number of nitrogens with zero attached hydrogens (tertiary/aromatic N) is 2. The quantitative estimate of drug-likeness (QED) is 0.125. The molecule has 0 saturated carbocycles. The first-order valence-corrected chi connectivity index (χ1v) is 18.6. The van der Waals surface area contributed by atoms with Gasteiger partial charge in [-0.1, -0.05) is 72.8 Å². The van der Waals surface area contributed by atoms with Crippen LogP contribution in [0.4, 0.5) is 13.2 Å². The van der Waals surface area contributed by atoms with Gasteiger partial charge in [-0.15, -0.1) is 0 Å². The van der Waals surface area contributed by atoms with Gasteiger partial charge in [0.25, 0.3) is 0 Å². The van der Waals surface area contributed by atoms with Crippen molar-refractivity contribution in [1.82, 2.24) is 9.97 Å². The van der Waals surface area contributed by atoms with Crippen LogP contribution in [-0.4, -0.2) is 50.0 Å². The zero-order chi connectivity index (χ0) is 39.4. The molecule has 18 heteroatoms. The molecule has 4 unspecified atom stereocenters. The number of halogens is 3. The SMILES string of the molecule is Cc1cc(-c2ccc(OS(=O)[O-])cc2)c2ccc3c(-c4ccc(OS(=O)[O-])cc4)cc(C)nc3c2n1.OC(CC(O)C(F)(F)F)c1ccc2ccccc2c1.[Eu].[Na+].[Na+]. The third-order valence-electron chi connectivity index (χ3n) is 8.66. The van der Waals surface area contributed by atoms with E-state index in [0.29, 0.717) is 5.56 Å². The van der Waals surface area contributed by atoms with Crippen LogP contribution < -0.4 is 67.5 Å². The van der Waals surface area contributed by atoms with E-state index in [1.165, 1.54) is 0 Å². The smallest absolute Gasteiger partial charge is 0.740 e. The number of aryl methyl sites for hydroxylation is 2. The molecule has 0 bridgehead atoms. The topological polar surface area (TPSA) is 165 Å². The molecule has 291 valence electrons. The molecule has 4 atom stereocenters. The Balaban J connectivity index is 0.000000350. The maximum atomic E-state index is 12.2. The Morgan fingerprint density at radius 2 is 1.09 bits per heavy atom. The van der Waals surface area contributed by atoms with Gasteiger partial charge in [-0.3, -0.25) is 9.97 Å². The Labute approximate surface area is 422 Å². The van der Waals surface area contributed by atoms with E-state index in [4.69, 9.17) is 23.4 Å². The Morgan fingerprint density at radius 3 is 1.50 bits per heavy atom. The number of pyridine rings is 2. The van der Waals surface area contributed by atoms with Gasteiger partial charge in [-0.25, -0.2) is 8.42 Å². The van der Waals surface area contributed by atoms with Gasteiger partial charge in [-0.05, 0) is 94.9 Å². The van der Waals surface area contributed by atoms with Crippen LogP contribution in [0.2, 0.25) is 0 Å². The fourth-order valence-electron chi connectivity index (χ4n) is 6.14. The molecule has 2 aromatic heterocycles. The van der Waals surface area contributed by atoms with Gasteiger partial charge in [0.1, 0.15) is 34.2 Å². The summed E-state index contributed by atoms with van der Waals surface area (Å²) in [5.41, 5.74) is 7.11. The van der Waals surface area contributed by atoms with E-state index in [2.05, 4.69) is 0 Å². The van der Waals surface area contributed by atoms with Crippen LogP contribution in [0.1, 0.15) is 29.5 Å². The summed E-state index contributed by atoms with van der Waals surface area (Å²) >= 11 is -5.27. The van der Waals surface area contributed by atoms with Gasteiger partial charge in [0, 0.05) is 78.0 Å². The van der Waals surface area contributed by atoms with Crippen molar-refractivity contribution in [2.75, 3.05) is 0 Å². The van der Waals surface area contributed by atoms with Crippen molar-refractivity contribution in [3.05, 3.63) is 132 Å². The second kappa shape index (κ2) is 22.4. The molecule has 2 N–H and O–H groups in total. The van der Waals surface area contributed by atoms with Crippen molar-refractivity contribution in [3.8, 4) is 33.8 Å². The van der Waals surface area contributed by atoms with Crippen LogP contribution in [0, 0.1) is 63.2 Å². The number of aliphatic hydroxyl groups excluding tert-OH is 2. The van der Waals surface area contributed by atoms with E-state index >= 15 is 0 Å². The predicted molar refractivity (Wildman–Crippen MR) is 202 cm³/mol. The number of fused-ring (bicyclic) bond motifs is 4. The van der Waals surface area contributed by atoms with Gasteiger partial charge < -0.3 is 27.7 Å². The van der Waals surface area contributed by atoms with Crippen LogP contribution in [0.3, 0.4) is 0 Å². The first kappa shape index (κ1) is 50.6. The molecule has 2 heterocycles. The van der Waals surface area contributed by atoms with Gasteiger partial charge in [0.05, 0.1) is 17.1 Å². The second-order valence-corrected chi connectivity index (χ2v) is 13.7. The summed E-state index contributed by atoms with van der Waals surface area (Å²) in [5, 5.41) is 22.3. The Kier molecular flexibility index (Phi) is 19.6. The van der Waals surface area contributed by atoms with Gasteiger partial charge in [-0.2, -0.15) is 13.2 Å². The Hall–Kier alpha value is -1.71. The fraction of sp³-hybridized carbons (Fsp3) is 0.150. The molecular formula is C40H31EuF3N2Na2O8S2. The fourth-order valence-corrected chi connectivity index (χ4v) is 6.68.